The highest BCUT2D eigenvalue weighted by molar-refractivity contribution is 7.15. The van der Waals surface area contributed by atoms with Gasteiger partial charge in [0.1, 0.15) is 0 Å². The first-order chi connectivity index (χ1) is 9.50. The fraction of sp³-hybridized carbons (Fsp3) is 0.812. The van der Waals surface area contributed by atoms with Crippen LogP contribution in [0.15, 0.2) is 6.20 Å². The topological polar surface area (TPSA) is 28.2 Å². The van der Waals surface area contributed by atoms with Crippen LogP contribution in [-0.2, 0) is 6.54 Å². The van der Waals surface area contributed by atoms with Crippen molar-refractivity contribution in [2.24, 2.45) is 11.3 Å². The van der Waals surface area contributed by atoms with Gasteiger partial charge < -0.3 is 10.2 Å². The largest absolute Gasteiger partial charge is 0.348 e. The molecule has 20 heavy (non-hydrogen) atoms. The molecule has 0 bridgehead atoms. The first kappa shape index (κ1) is 15.8. The van der Waals surface area contributed by atoms with E-state index in [0.29, 0.717) is 5.41 Å². The van der Waals surface area contributed by atoms with Crippen molar-refractivity contribution in [1.29, 1.82) is 0 Å². The van der Waals surface area contributed by atoms with Crippen LogP contribution in [-0.4, -0.2) is 24.6 Å². The third-order valence-electron chi connectivity index (χ3n) is 4.31. The van der Waals surface area contributed by atoms with Crippen molar-refractivity contribution >= 4 is 16.5 Å². The van der Waals surface area contributed by atoms with Crippen molar-refractivity contribution in [2.45, 2.75) is 53.5 Å². The molecule has 114 valence electrons. The summed E-state index contributed by atoms with van der Waals surface area (Å²) < 4.78 is 0. The summed E-state index contributed by atoms with van der Waals surface area (Å²) in [6.45, 7) is 13.6. The van der Waals surface area contributed by atoms with Gasteiger partial charge in [-0.25, -0.2) is 4.98 Å². The molecule has 2 rings (SSSR count). The van der Waals surface area contributed by atoms with Gasteiger partial charge in [-0.05, 0) is 37.1 Å². The molecule has 2 heterocycles. The van der Waals surface area contributed by atoms with Crippen LogP contribution >= 0.6 is 11.3 Å². The molecule has 0 saturated carbocycles. The quantitative estimate of drug-likeness (QED) is 0.913. The Morgan fingerprint density at radius 1 is 1.35 bits per heavy atom. The molecular weight excluding hydrogens is 266 g/mol. The predicted molar refractivity (Wildman–Crippen MR) is 88.5 cm³/mol. The van der Waals surface area contributed by atoms with E-state index in [0.717, 1.165) is 25.6 Å². The van der Waals surface area contributed by atoms with E-state index in [1.54, 1.807) is 0 Å². The summed E-state index contributed by atoms with van der Waals surface area (Å²) in [4.78, 5) is 8.46. The lowest BCUT2D eigenvalue weighted by atomic mass is 9.77. The Balaban J connectivity index is 1.94. The highest BCUT2D eigenvalue weighted by Gasteiger charge is 2.27. The zero-order chi connectivity index (χ0) is 14.6. The molecule has 0 spiro atoms. The Bertz CT molecular complexity index is 408. The summed E-state index contributed by atoms with van der Waals surface area (Å²) in [6, 6.07) is 0. The maximum Gasteiger partial charge on any atom is 0.185 e. The lowest BCUT2D eigenvalue weighted by molar-refractivity contribution is 0.220. The summed E-state index contributed by atoms with van der Waals surface area (Å²) in [7, 11) is 0. The van der Waals surface area contributed by atoms with Gasteiger partial charge in [0.05, 0.1) is 0 Å². The highest BCUT2D eigenvalue weighted by atomic mass is 32.1. The standard InChI is InChI=1S/C16H29N3S/c1-5-17-11-14-12-18-15(20-14)19-9-6-7-13(8-10-19)16(2,3)4/h12-13,17H,5-11H2,1-4H3. The number of hydrogen-bond acceptors (Lipinski definition) is 4. The van der Waals surface area contributed by atoms with E-state index in [9.17, 15) is 0 Å². The van der Waals surface area contributed by atoms with Crippen LogP contribution in [0.1, 0.15) is 51.8 Å². The average molecular weight is 295 g/mol. The Kier molecular flexibility index (Phi) is 5.44. The molecule has 1 aliphatic heterocycles. The van der Waals surface area contributed by atoms with E-state index in [4.69, 9.17) is 0 Å². The molecular formula is C16H29N3S. The van der Waals surface area contributed by atoms with Crippen molar-refractivity contribution in [3.05, 3.63) is 11.1 Å². The number of nitrogens with one attached hydrogen (secondary N) is 1. The third-order valence-corrected chi connectivity index (χ3v) is 5.37. The molecule has 0 aliphatic carbocycles. The van der Waals surface area contributed by atoms with Gasteiger partial charge in [-0.2, -0.15) is 0 Å². The number of thiazole rings is 1. The Hall–Kier alpha value is -0.610. The second-order valence-corrected chi connectivity index (χ2v) is 7.96. The Labute approximate surface area is 127 Å². The van der Waals surface area contributed by atoms with E-state index in [2.05, 4.69) is 42.9 Å². The van der Waals surface area contributed by atoms with Gasteiger partial charge in [0.2, 0.25) is 0 Å². The number of aromatic nitrogens is 1. The smallest absolute Gasteiger partial charge is 0.185 e. The van der Waals surface area contributed by atoms with Crippen molar-refractivity contribution in [1.82, 2.24) is 10.3 Å². The summed E-state index contributed by atoms with van der Waals surface area (Å²) in [5.74, 6) is 0.841. The van der Waals surface area contributed by atoms with Crippen LogP contribution < -0.4 is 10.2 Å². The molecule has 1 aromatic heterocycles. The summed E-state index contributed by atoms with van der Waals surface area (Å²) in [5.41, 5.74) is 0.440. The normalized spacial score (nSPS) is 21.0. The minimum absolute atomic E-state index is 0.440. The van der Waals surface area contributed by atoms with E-state index in [-0.39, 0.29) is 0 Å². The van der Waals surface area contributed by atoms with Gasteiger partial charge in [0.25, 0.3) is 0 Å². The fourth-order valence-electron chi connectivity index (χ4n) is 2.93. The molecule has 1 fully saturated rings. The first-order valence-corrected chi connectivity index (χ1v) is 8.72. The van der Waals surface area contributed by atoms with Crippen molar-refractivity contribution in [3.63, 3.8) is 0 Å². The van der Waals surface area contributed by atoms with Gasteiger partial charge in [-0.3, -0.25) is 0 Å². The molecule has 1 unspecified atom stereocenters. The predicted octanol–water partition coefficient (Wildman–Crippen LogP) is 3.91. The number of anilines is 1. The second-order valence-electron chi connectivity index (χ2n) is 6.87. The molecule has 0 aromatic carbocycles. The van der Waals surface area contributed by atoms with Gasteiger partial charge in [0.15, 0.2) is 5.13 Å². The molecule has 4 heteroatoms. The summed E-state index contributed by atoms with van der Waals surface area (Å²) in [5, 5.41) is 4.59. The maximum atomic E-state index is 4.63. The highest BCUT2D eigenvalue weighted by Crippen LogP contribution is 2.35. The van der Waals surface area contributed by atoms with Crippen LogP contribution in [0.3, 0.4) is 0 Å². The molecule has 3 nitrogen and oxygen atoms in total. The number of rotatable bonds is 4. The molecule has 1 aromatic rings. The van der Waals surface area contributed by atoms with E-state index >= 15 is 0 Å². The van der Waals surface area contributed by atoms with Crippen LogP contribution in [0.5, 0.6) is 0 Å². The van der Waals surface area contributed by atoms with Gasteiger partial charge >= 0.3 is 0 Å². The molecule has 0 radical (unpaired) electrons. The second kappa shape index (κ2) is 6.90. The lowest BCUT2D eigenvalue weighted by Crippen LogP contribution is -2.25. The first-order valence-electron chi connectivity index (χ1n) is 7.91. The minimum Gasteiger partial charge on any atom is -0.348 e. The van der Waals surface area contributed by atoms with Crippen LogP contribution in [0.2, 0.25) is 0 Å². The van der Waals surface area contributed by atoms with E-state index < -0.39 is 0 Å². The number of hydrogen-bond donors (Lipinski definition) is 1. The monoisotopic (exact) mass is 295 g/mol. The third kappa shape index (κ3) is 4.19. The van der Waals surface area contributed by atoms with Crippen molar-refractivity contribution in [3.8, 4) is 0 Å². The molecule has 1 N–H and O–H groups in total. The van der Waals surface area contributed by atoms with Gasteiger partial charge in [0, 0.05) is 30.7 Å². The molecule has 1 saturated heterocycles. The van der Waals surface area contributed by atoms with E-state index in [1.807, 2.05) is 17.5 Å². The van der Waals surface area contributed by atoms with Crippen molar-refractivity contribution < 1.29 is 0 Å². The van der Waals surface area contributed by atoms with Crippen LogP contribution in [0.4, 0.5) is 5.13 Å². The maximum absolute atomic E-state index is 4.63. The zero-order valence-corrected chi connectivity index (χ0v) is 14.2. The minimum atomic E-state index is 0.440. The molecule has 0 amide bonds. The Morgan fingerprint density at radius 2 is 2.15 bits per heavy atom. The fourth-order valence-corrected chi connectivity index (χ4v) is 3.86. The van der Waals surface area contributed by atoms with E-state index in [1.165, 1.54) is 35.8 Å². The van der Waals surface area contributed by atoms with Crippen LogP contribution in [0, 0.1) is 11.3 Å². The lowest BCUT2D eigenvalue weighted by Gasteiger charge is -2.29. The Morgan fingerprint density at radius 3 is 2.85 bits per heavy atom. The van der Waals surface area contributed by atoms with Gasteiger partial charge in [-0.1, -0.05) is 27.7 Å². The average Bonchev–Trinajstić information content (AvgIpc) is 2.70. The molecule has 1 aliphatic rings. The van der Waals surface area contributed by atoms with Crippen molar-refractivity contribution in [2.75, 3.05) is 24.5 Å². The van der Waals surface area contributed by atoms with Crippen LogP contribution in [0.25, 0.3) is 0 Å². The summed E-state index contributed by atoms with van der Waals surface area (Å²) in [6.07, 6.45) is 5.99. The molecule has 1 atom stereocenters. The SMILES string of the molecule is CCNCc1cnc(N2CCCC(C(C)(C)C)CC2)s1. The zero-order valence-electron chi connectivity index (χ0n) is 13.4. The van der Waals surface area contributed by atoms with Gasteiger partial charge in [-0.15, -0.1) is 11.3 Å². The number of nitrogens with zero attached hydrogens (tertiary/aromatic N) is 2. The summed E-state index contributed by atoms with van der Waals surface area (Å²) >= 11 is 1.85.